The van der Waals surface area contributed by atoms with Crippen molar-refractivity contribution in [3.05, 3.63) is 27.8 Å². The topological polar surface area (TPSA) is 113 Å². The van der Waals surface area contributed by atoms with Crippen molar-refractivity contribution in [3.63, 3.8) is 0 Å². The Labute approximate surface area is 110 Å². The number of rotatable bonds is 6. The monoisotopic (exact) mass is 268 g/mol. The van der Waals surface area contributed by atoms with E-state index in [4.69, 9.17) is 0 Å². The first-order chi connectivity index (χ1) is 8.88. The van der Waals surface area contributed by atoms with Gasteiger partial charge in [0, 0.05) is 11.6 Å². The van der Waals surface area contributed by atoms with Crippen molar-refractivity contribution < 1.29 is 19.9 Å². The molecule has 0 radical (unpaired) electrons. The molecule has 0 fully saturated rings. The first kappa shape index (κ1) is 14.9. The van der Waals surface area contributed by atoms with Crippen molar-refractivity contribution in [1.29, 1.82) is 0 Å². The predicted octanol–water partition coefficient (Wildman–Crippen LogP) is 1.58. The van der Waals surface area contributed by atoms with Crippen LogP contribution < -0.4 is 5.32 Å². The Balaban J connectivity index is 3.07. The summed E-state index contributed by atoms with van der Waals surface area (Å²) in [6, 6.07) is 1.46. The van der Waals surface area contributed by atoms with Crippen molar-refractivity contribution in [1.82, 2.24) is 5.32 Å². The second kappa shape index (κ2) is 6.14. The van der Waals surface area contributed by atoms with Crippen LogP contribution in [0.5, 0.6) is 11.5 Å². The van der Waals surface area contributed by atoms with E-state index in [1.165, 1.54) is 0 Å². The number of aromatic hydroxyl groups is 2. The van der Waals surface area contributed by atoms with E-state index in [0.29, 0.717) is 6.54 Å². The van der Waals surface area contributed by atoms with Crippen LogP contribution in [0.4, 0.5) is 5.69 Å². The fourth-order valence-electron chi connectivity index (χ4n) is 1.59. The Morgan fingerprint density at radius 2 is 2.11 bits per heavy atom. The zero-order valence-electron chi connectivity index (χ0n) is 10.7. The minimum Gasteiger partial charge on any atom is -0.504 e. The zero-order chi connectivity index (χ0) is 14.6. The third-order valence-corrected chi connectivity index (χ3v) is 2.64. The summed E-state index contributed by atoms with van der Waals surface area (Å²) in [4.78, 5) is 21.9. The summed E-state index contributed by atoms with van der Waals surface area (Å²) in [5.41, 5.74) is -0.704. The molecule has 7 nitrogen and oxygen atoms in total. The van der Waals surface area contributed by atoms with Crippen molar-refractivity contribution >= 4 is 11.5 Å². The first-order valence-corrected chi connectivity index (χ1v) is 5.86. The van der Waals surface area contributed by atoms with Gasteiger partial charge in [0.1, 0.15) is 0 Å². The normalized spacial score (nSPS) is 12.1. The Morgan fingerprint density at radius 1 is 1.47 bits per heavy atom. The van der Waals surface area contributed by atoms with E-state index in [1.807, 2.05) is 6.92 Å². The summed E-state index contributed by atoms with van der Waals surface area (Å²) in [7, 11) is 0. The number of nitrogens with one attached hydrogen (secondary N) is 1. The lowest BCUT2D eigenvalue weighted by Gasteiger charge is -2.12. The predicted molar refractivity (Wildman–Crippen MR) is 68.5 cm³/mol. The fraction of sp³-hybridized carbons (Fsp3) is 0.417. The quantitative estimate of drug-likeness (QED) is 0.312. The molecule has 0 saturated heterocycles. The lowest BCUT2D eigenvalue weighted by Crippen LogP contribution is -2.34. The summed E-state index contributed by atoms with van der Waals surface area (Å²) in [5, 5.41) is 32.4. The molecule has 0 aromatic heterocycles. The minimum absolute atomic E-state index is 0.0156. The van der Waals surface area contributed by atoms with Gasteiger partial charge in [-0.3, -0.25) is 14.9 Å². The SMILES string of the molecule is CCCNC(C)C(=O)c1cc(O)c(O)c([N+](=O)[O-])c1. The van der Waals surface area contributed by atoms with Crippen LogP contribution in [0.1, 0.15) is 30.6 Å². The molecule has 0 heterocycles. The third-order valence-electron chi connectivity index (χ3n) is 2.64. The number of carbonyl (C=O) groups is 1. The van der Waals surface area contributed by atoms with Gasteiger partial charge in [0.25, 0.3) is 0 Å². The molecule has 0 aliphatic carbocycles. The molecule has 0 aliphatic heterocycles. The maximum Gasteiger partial charge on any atom is 0.315 e. The van der Waals surface area contributed by atoms with Gasteiger partial charge in [0.2, 0.25) is 5.75 Å². The number of ketones is 1. The Morgan fingerprint density at radius 3 is 2.63 bits per heavy atom. The van der Waals surface area contributed by atoms with Crippen molar-refractivity contribution in [3.8, 4) is 11.5 Å². The largest absolute Gasteiger partial charge is 0.504 e. The van der Waals surface area contributed by atoms with E-state index in [2.05, 4.69) is 5.32 Å². The maximum atomic E-state index is 12.0. The second-order valence-corrected chi connectivity index (χ2v) is 4.16. The Bertz CT molecular complexity index is 501. The van der Waals surface area contributed by atoms with Crippen LogP contribution in [-0.2, 0) is 0 Å². The molecular weight excluding hydrogens is 252 g/mol. The molecule has 1 rings (SSSR count). The third kappa shape index (κ3) is 3.41. The average Bonchev–Trinajstić information content (AvgIpc) is 2.37. The van der Waals surface area contributed by atoms with E-state index in [9.17, 15) is 25.1 Å². The molecule has 0 bridgehead atoms. The molecule has 7 heteroatoms. The summed E-state index contributed by atoms with van der Waals surface area (Å²) in [6.45, 7) is 4.22. The molecule has 0 amide bonds. The molecule has 1 aromatic rings. The lowest BCUT2D eigenvalue weighted by atomic mass is 10.0. The van der Waals surface area contributed by atoms with E-state index >= 15 is 0 Å². The van der Waals surface area contributed by atoms with Gasteiger partial charge < -0.3 is 15.5 Å². The summed E-state index contributed by atoms with van der Waals surface area (Å²) in [5.74, 6) is -1.90. The lowest BCUT2D eigenvalue weighted by molar-refractivity contribution is -0.386. The Hall–Kier alpha value is -2.15. The van der Waals surface area contributed by atoms with Gasteiger partial charge >= 0.3 is 5.69 Å². The number of phenols is 2. The molecule has 1 unspecified atom stereocenters. The van der Waals surface area contributed by atoms with Gasteiger partial charge in [-0.1, -0.05) is 6.92 Å². The summed E-state index contributed by atoms with van der Waals surface area (Å²) < 4.78 is 0. The minimum atomic E-state index is -0.851. The molecule has 0 spiro atoms. The number of nitro groups is 1. The zero-order valence-corrected chi connectivity index (χ0v) is 10.7. The Kier molecular flexibility index (Phi) is 4.82. The molecule has 19 heavy (non-hydrogen) atoms. The van der Waals surface area contributed by atoms with Crippen LogP contribution >= 0.6 is 0 Å². The molecule has 1 aromatic carbocycles. The van der Waals surface area contributed by atoms with Gasteiger partial charge in [-0.25, -0.2) is 0 Å². The summed E-state index contributed by atoms with van der Waals surface area (Å²) >= 11 is 0. The molecule has 104 valence electrons. The highest BCUT2D eigenvalue weighted by atomic mass is 16.6. The van der Waals surface area contributed by atoms with Crippen molar-refractivity contribution in [2.45, 2.75) is 26.3 Å². The van der Waals surface area contributed by atoms with Gasteiger partial charge in [-0.05, 0) is 26.0 Å². The molecule has 0 saturated carbocycles. The first-order valence-electron chi connectivity index (χ1n) is 5.86. The van der Waals surface area contributed by atoms with E-state index in [0.717, 1.165) is 18.6 Å². The fourth-order valence-corrected chi connectivity index (χ4v) is 1.59. The number of carbonyl (C=O) groups excluding carboxylic acids is 1. The van der Waals surface area contributed by atoms with Crippen LogP contribution in [0.2, 0.25) is 0 Å². The summed E-state index contributed by atoms with van der Waals surface area (Å²) in [6.07, 6.45) is 0.846. The van der Waals surface area contributed by atoms with Gasteiger partial charge in [0.05, 0.1) is 11.0 Å². The average molecular weight is 268 g/mol. The van der Waals surface area contributed by atoms with E-state index < -0.39 is 28.2 Å². The number of hydrogen-bond donors (Lipinski definition) is 3. The number of nitrogens with zero attached hydrogens (tertiary/aromatic N) is 1. The van der Waals surface area contributed by atoms with Gasteiger partial charge in [-0.2, -0.15) is 0 Å². The number of phenolic OH excluding ortho intramolecular Hbond substituents is 2. The molecule has 0 aliphatic rings. The van der Waals surface area contributed by atoms with Gasteiger partial charge in [-0.15, -0.1) is 0 Å². The van der Waals surface area contributed by atoms with Crippen LogP contribution in [0.25, 0.3) is 0 Å². The van der Waals surface area contributed by atoms with Crippen molar-refractivity contribution in [2.75, 3.05) is 6.54 Å². The van der Waals surface area contributed by atoms with Crippen LogP contribution in [-0.4, -0.2) is 33.5 Å². The van der Waals surface area contributed by atoms with Crippen LogP contribution in [0.15, 0.2) is 12.1 Å². The molecule has 3 N–H and O–H groups in total. The molecule has 1 atom stereocenters. The van der Waals surface area contributed by atoms with E-state index in [1.54, 1.807) is 6.92 Å². The van der Waals surface area contributed by atoms with Crippen molar-refractivity contribution in [2.24, 2.45) is 0 Å². The van der Waals surface area contributed by atoms with Crippen LogP contribution in [0, 0.1) is 10.1 Å². The number of Topliss-reactive ketones (excluding diaryl/α,β-unsaturated/α-hetero) is 1. The number of hydrogen-bond acceptors (Lipinski definition) is 6. The highest BCUT2D eigenvalue weighted by molar-refractivity contribution is 6.01. The standard InChI is InChI=1S/C12H16N2O5/c1-3-4-13-7(2)11(16)8-5-9(14(18)19)12(17)10(15)6-8/h5-7,13,15,17H,3-4H2,1-2H3. The number of benzene rings is 1. The van der Waals surface area contributed by atoms with Crippen LogP contribution in [0.3, 0.4) is 0 Å². The van der Waals surface area contributed by atoms with E-state index in [-0.39, 0.29) is 11.3 Å². The van der Waals surface area contributed by atoms with Gasteiger partial charge in [0.15, 0.2) is 11.5 Å². The maximum absolute atomic E-state index is 12.0. The second-order valence-electron chi connectivity index (χ2n) is 4.16. The number of nitro benzene ring substituents is 1. The highest BCUT2D eigenvalue weighted by Crippen LogP contribution is 2.36. The molecular formula is C12H16N2O5. The highest BCUT2D eigenvalue weighted by Gasteiger charge is 2.23. The smallest absolute Gasteiger partial charge is 0.315 e.